The van der Waals surface area contributed by atoms with Crippen LogP contribution < -0.4 is 10.5 Å². The molecule has 0 aliphatic rings. The Morgan fingerprint density at radius 3 is 2.71 bits per heavy atom. The minimum atomic E-state index is -0.902. The maximum atomic E-state index is 11.7. The van der Waals surface area contributed by atoms with Gasteiger partial charge in [-0.3, -0.25) is 4.21 Å². The Morgan fingerprint density at radius 1 is 1.35 bits per heavy atom. The van der Waals surface area contributed by atoms with E-state index in [-0.39, 0.29) is 0 Å². The lowest BCUT2D eigenvalue weighted by Crippen LogP contribution is -2.07. The zero-order chi connectivity index (χ0) is 12.7. The van der Waals surface area contributed by atoms with E-state index in [4.69, 9.17) is 15.2 Å². The molecule has 4 nitrogen and oxygen atoms in total. The Hall–Kier alpha value is -0.910. The van der Waals surface area contributed by atoms with Crippen molar-refractivity contribution >= 4 is 10.8 Å². The highest BCUT2D eigenvalue weighted by Crippen LogP contribution is 2.20. The molecule has 5 heteroatoms. The molecule has 0 fully saturated rings. The zero-order valence-electron chi connectivity index (χ0n) is 10.3. The van der Waals surface area contributed by atoms with Crippen molar-refractivity contribution in [2.24, 2.45) is 5.73 Å². The Labute approximate surface area is 105 Å². The lowest BCUT2D eigenvalue weighted by Gasteiger charge is -2.09. The second-order valence-corrected chi connectivity index (χ2v) is 5.21. The molecule has 0 heterocycles. The fourth-order valence-corrected chi connectivity index (χ4v) is 2.53. The van der Waals surface area contributed by atoms with Crippen molar-refractivity contribution in [2.45, 2.75) is 12.3 Å². The van der Waals surface area contributed by atoms with Crippen LogP contribution >= 0.6 is 0 Å². The Morgan fingerprint density at radius 2 is 2.12 bits per heavy atom. The van der Waals surface area contributed by atoms with Gasteiger partial charge in [-0.05, 0) is 11.6 Å². The first-order valence-electron chi connectivity index (χ1n) is 5.41. The van der Waals surface area contributed by atoms with E-state index in [0.717, 1.165) is 16.9 Å². The number of methoxy groups -OCH3 is 2. The third kappa shape index (κ3) is 4.46. The van der Waals surface area contributed by atoms with Crippen molar-refractivity contribution in [1.82, 2.24) is 0 Å². The molecule has 0 aliphatic carbocycles. The first kappa shape index (κ1) is 14.2. The molecule has 0 saturated carbocycles. The van der Waals surface area contributed by atoms with Gasteiger partial charge in [0.25, 0.3) is 0 Å². The molecule has 0 spiro atoms. The largest absolute Gasteiger partial charge is 0.496 e. The number of benzene rings is 1. The molecule has 2 N–H and O–H groups in total. The number of rotatable bonds is 7. The van der Waals surface area contributed by atoms with E-state index in [1.807, 2.05) is 18.2 Å². The van der Waals surface area contributed by atoms with Gasteiger partial charge >= 0.3 is 0 Å². The number of hydrogen-bond donors (Lipinski definition) is 1. The van der Waals surface area contributed by atoms with Crippen LogP contribution in [0.2, 0.25) is 0 Å². The monoisotopic (exact) mass is 257 g/mol. The first-order chi connectivity index (χ1) is 8.21. The molecule has 0 radical (unpaired) electrons. The summed E-state index contributed by atoms with van der Waals surface area (Å²) in [5.74, 6) is 1.83. The summed E-state index contributed by atoms with van der Waals surface area (Å²) in [6, 6.07) is 5.75. The quantitative estimate of drug-likeness (QED) is 0.793. The lowest BCUT2D eigenvalue weighted by molar-refractivity contribution is 0.218. The average Bonchev–Trinajstić information content (AvgIpc) is 2.36. The molecule has 1 rings (SSSR count). The van der Waals surface area contributed by atoms with E-state index in [1.165, 1.54) is 0 Å². The van der Waals surface area contributed by atoms with Crippen molar-refractivity contribution in [2.75, 3.05) is 26.6 Å². The second kappa shape index (κ2) is 7.42. The van der Waals surface area contributed by atoms with Crippen LogP contribution in [-0.4, -0.2) is 30.8 Å². The van der Waals surface area contributed by atoms with Crippen molar-refractivity contribution in [3.05, 3.63) is 29.3 Å². The normalized spacial score (nSPS) is 12.4. The van der Waals surface area contributed by atoms with Gasteiger partial charge in [-0.25, -0.2) is 0 Å². The molecule has 1 aromatic rings. The van der Waals surface area contributed by atoms with E-state index in [0.29, 0.717) is 24.7 Å². The Balaban J connectivity index is 2.68. The molecular formula is C12H19NO3S. The topological polar surface area (TPSA) is 61.5 Å². The zero-order valence-corrected chi connectivity index (χ0v) is 11.1. The standard InChI is InChI=1S/C12H19NO3S/c1-15-5-6-17(14)9-10-3-4-11(8-13)12(7-10)16-2/h3-4,7H,5-6,8-9,13H2,1-2H3. The summed E-state index contributed by atoms with van der Waals surface area (Å²) in [6.07, 6.45) is 0. The van der Waals surface area contributed by atoms with Gasteiger partial charge < -0.3 is 15.2 Å². The number of hydrogen-bond acceptors (Lipinski definition) is 4. The van der Waals surface area contributed by atoms with Crippen LogP contribution in [0.5, 0.6) is 5.75 Å². The van der Waals surface area contributed by atoms with Gasteiger partial charge in [0.15, 0.2) is 0 Å². The molecule has 17 heavy (non-hydrogen) atoms. The third-order valence-corrected chi connectivity index (χ3v) is 3.69. The van der Waals surface area contributed by atoms with Crippen LogP contribution in [0.25, 0.3) is 0 Å². The summed E-state index contributed by atoms with van der Waals surface area (Å²) >= 11 is 0. The SMILES string of the molecule is COCCS(=O)Cc1ccc(CN)c(OC)c1. The highest BCUT2D eigenvalue weighted by Gasteiger charge is 2.06. The van der Waals surface area contributed by atoms with Crippen molar-refractivity contribution in [3.63, 3.8) is 0 Å². The van der Waals surface area contributed by atoms with Crippen LogP contribution in [0.1, 0.15) is 11.1 Å². The minimum Gasteiger partial charge on any atom is -0.496 e. The van der Waals surface area contributed by atoms with E-state index in [1.54, 1.807) is 14.2 Å². The summed E-state index contributed by atoms with van der Waals surface area (Å²) < 4.78 is 21.8. The third-order valence-electron chi connectivity index (χ3n) is 2.41. The number of ether oxygens (including phenoxy) is 2. The highest BCUT2D eigenvalue weighted by atomic mass is 32.2. The van der Waals surface area contributed by atoms with E-state index >= 15 is 0 Å². The van der Waals surface area contributed by atoms with Gasteiger partial charge in [0.2, 0.25) is 0 Å². The highest BCUT2D eigenvalue weighted by molar-refractivity contribution is 7.84. The maximum absolute atomic E-state index is 11.7. The molecule has 1 unspecified atom stereocenters. The van der Waals surface area contributed by atoms with Gasteiger partial charge in [-0.2, -0.15) is 0 Å². The summed E-state index contributed by atoms with van der Waals surface area (Å²) in [6.45, 7) is 0.959. The van der Waals surface area contributed by atoms with Crippen LogP contribution in [0.4, 0.5) is 0 Å². The van der Waals surface area contributed by atoms with E-state index < -0.39 is 10.8 Å². The van der Waals surface area contributed by atoms with Crippen molar-refractivity contribution < 1.29 is 13.7 Å². The van der Waals surface area contributed by atoms with Crippen LogP contribution in [0.15, 0.2) is 18.2 Å². The molecule has 0 aliphatic heterocycles. The Kier molecular flexibility index (Phi) is 6.18. The Bertz CT molecular complexity index is 382. The van der Waals surface area contributed by atoms with Gasteiger partial charge in [-0.15, -0.1) is 0 Å². The molecule has 0 saturated heterocycles. The predicted octanol–water partition coefficient (Wildman–Crippen LogP) is 1.05. The summed E-state index contributed by atoms with van der Waals surface area (Å²) in [5.41, 5.74) is 7.54. The lowest BCUT2D eigenvalue weighted by atomic mass is 10.1. The van der Waals surface area contributed by atoms with E-state index in [2.05, 4.69) is 0 Å². The van der Waals surface area contributed by atoms with Crippen LogP contribution in [0, 0.1) is 0 Å². The molecule has 1 atom stereocenters. The van der Waals surface area contributed by atoms with Gasteiger partial charge in [0.05, 0.1) is 13.7 Å². The van der Waals surface area contributed by atoms with Crippen molar-refractivity contribution in [1.29, 1.82) is 0 Å². The summed E-state index contributed by atoms with van der Waals surface area (Å²) in [5, 5.41) is 0. The molecule has 96 valence electrons. The van der Waals surface area contributed by atoms with Crippen molar-refractivity contribution in [3.8, 4) is 5.75 Å². The first-order valence-corrected chi connectivity index (χ1v) is 6.89. The second-order valence-electron chi connectivity index (χ2n) is 3.63. The minimum absolute atomic E-state index is 0.441. The van der Waals surface area contributed by atoms with Crippen LogP contribution in [0.3, 0.4) is 0 Å². The van der Waals surface area contributed by atoms with E-state index in [9.17, 15) is 4.21 Å². The number of nitrogens with two attached hydrogens (primary N) is 1. The summed E-state index contributed by atoms with van der Waals surface area (Å²) in [4.78, 5) is 0. The average molecular weight is 257 g/mol. The molecule has 0 aromatic heterocycles. The van der Waals surface area contributed by atoms with Gasteiger partial charge in [0, 0.05) is 41.5 Å². The molecule has 0 bridgehead atoms. The van der Waals surface area contributed by atoms with Gasteiger partial charge in [-0.1, -0.05) is 12.1 Å². The predicted molar refractivity (Wildman–Crippen MR) is 69.5 cm³/mol. The van der Waals surface area contributed by atoms with Gasteiger partial charge in [0.1, 0.15) is 5.75 Å². The summed E-state index contributed by atoms with van der Waals surface area (Å²) in [7, 11) is 2.32. The molecule has 1 aromatic carbocycles. The molecule has 0 amide bonds. The fraction of sp³-hybridized carbons (Fsp3) is 0.500. The maximum Gasteiger partial charge on any atom is 0.123 e. The van der Waals surface area contributed by atoms with Crippen LogP contribution in [-0.2, 0) is 27.8 Å². The smallest absolute Gasteiger partial charge is 0.123 e. The molecular weight excluding hydrogens is 238 g/mol. The fourth-order valence-electron chi connectivity index (χ4n) is 1.48.